The first-order valence-electron chi connectivity index (χ1n) is 5.53. The average Bonchev–Trinajstić information content (AvgIpc) is 2.67. The Kier molecular flexibility index (Phi) is 3.92. The molecule has 1 aromatic heterocycles. The van der Waals surface area contributed by atoms with Gasteiger partial charge < -0.3 is 9.88 Å². The maximum atomic E-state index is 11.6. The third-order valence-electron chi connectivity index (χ3n) is 2.68. The van der Waals surface area contributed by atoms with Gasteiger partial charge in [-0.15, -0.1) is 11.6 Å². The highest BCUT2D eigenvalue weighted by Gasteiger charge is 2.16. The number of fused-ring (bicyclic) bond motifs is 1. The number of aromatic nitrogens is 2. The summed E-state index contributed by atoms with van der Waals surface area (Å²) in [6.45, 7) is 2.07. The van der Waals surface area contributed by atoms with Crippen LogP contribution in [0.5, 0.6) is 0 Å². The Morgan fingerprint density at radius 1 is 1.61 bits per heavy atom. The van der Waals surface area contributed by atoms with Crippen molar-refractivity contribution in [3.05, 3.63) is 28.5 Å². The third-order valence-corrected chi connectivity index (χ3v) is 3.36. The third kappa shape index (κ3) is 2.52. The molecule has 1 aromatic carbocycles. The Morgan fingerprint density at radius 2 is 2.33 bits per heavy atom. The van der Waals surface area contributed by atoms with E-state index < -0.39 is 0 Å². The van der Waals surface area contributed by atoms with Crippen molar-refractivity contribution in [2.45, 2.75) is 18.8 Å². The van der Waals surface area contributed by atoms with Crippen LogP contribution in [-0.2, 0) is 11.3 Å². The summed E-state index contributed by atoms with van der Waals surface area (Å²) in [5.74, 6) is 0.629. The lowest BCUT2D eigenvalue weighted by Gasteiger charge is -2.09. The zero-order valence-electron chi connectivity index (χ0n) is 10.1. The maximum absolute atomic E-state index is 11.6. The van der Waals surface area contributed by atoms with Crippen LogP contribution in [0.3, 0.4) is 0 Å². The highest BCUT2D eigenvalue weighted by Crippen LogP contribution is 2.26. The summed E-state index contributed by atoms with van der Waals surface area (Å²) < 4.78 is 2.80. The highest BCUT2D eigenvalue weighted by molar-refractivity contribution is 9.10. The van der Waals surface area contributed by atoms with Gasteiger partial charge in [0.1, 0.15) is 12.4 Å². The van der Waals surface area contributed by atoms with Crippen molar-refractivity contribution in [1.82, 2.24) is 14.9 Å². The predicted octanol–water partition coefficient (Wildman–Crippen LogP) is 2.84. The standard InChI is InChI=1S/C12H13BrClN3O/c1-7(14)12-16-9-5-8(13)3-4-10(9)17(12)6-11(18)15-2/h3-5,7H,6H2,1-2H3,(H,15,18). The molecule has 2 aromatic rings. The highest BCUT2D eigenvalue weighted by atomic mass is 79.9. The molecule has 0 fully saturated rings. The molecule has 4 nitrogen and oxygen atoms in total. The quantitative estimate of drug-likeness (QED) is 0.880. The minimum Gasteiger partial charge on any atom is -0.358 e. The zero-order valence-corrected chi connectivity index (χ0v) is 12.4. The second-order valence-electron chi connectivity index (χ2n) is 3.98. The number of rotatable bonds is 3. The smallest absolute Gasteiger partial charge is 0.239 e. The number of hydrogen-bond acceptors (Lipinski definition) is 2. The van der Waals surface area contributed by atoms with E-state index in [2.05, 4.69) is 26.2 Å². The van der Waals surface area contributed by atoms with Crippen LogP contribution in [-0.4, -0.2) is 22.5 Å². The molecule has 0 aliphatic carbocycles. The van der Waals surface area contributed by atoms with Crippen LogP contribution in [0.1, 0.15) is 18.1 Å². The summed E-state index contributed by atoms with van der Waals surface area (Å²) in [7, 11) is 1.61. The largest absolute Gasteiger partial charge is 0.358 e. The second-order valence-corrected chi connectivity index (χ2v) is 5.55. The van der Waals surface area contributed by atoms with Crippen molar-refractivity contribution < 1.29 is 4.79 Å². The van der Waals surface area contributed by atoms with Crippen LogP contribution in [0.15, 0.2) is 22.7 Å². The number of hydrogen-bond donors (Lipinski definition) is 1. The van der Waals surface area contributed by atoms with Crippen molar-refractivity contribution in [3.63, 3.8) is 0 Å². The SMILES string of the molecule is CNC(=O)Cn1c(C(C)Cl)nc2cc(Br)ccc21. The Labute approximate surface area is 118 Å². The van der Waals surface area contributed by atoms with Crippen molar-refractivity contribution in [3.8, 4) is 0 Å². The van der Waals surface area contributed by atoms with E-state index in [-0.39, 0.29) is 17.8 Å². The fraction of sp³-hybridized carbons (Fsp3) is 0.333. The molecule has 96 valence electrons. The molecule has 0 spiro atoms. The molecule has 6 heteroatoms. The summed E-state index contributed by atoms with van der Waals surface area (Å²) >= 11 is 9.53. The molecule has 2 rings (SSSR count). The maximum Gasteiger partial charge on any atom is 0.239 e. The van der Waals surface area contributed by atoms with Gasteiger partial charge in [0.05, 0.1) is 16.4 Å². The number of alkyl halides is 1. The number of likely N-dealkylation sites (N-methyl/N-ethyl adjacent to an activating group) is 1. The predicted molar refractivity (Wildman–Crippen MR) is 75.8 cm³/mol. The van der Waals surface area contributed by atoms with Gasteiger partial charge in [0, 0.05) is 11.5 Å². The fourth-order valence-electron chi connectivity index (χ4n) is 1.81. The number of carbonyl (C=O) groups is 1. The van der Waals surface area contributed by atoms with Crippen LogP contribution in [0, 0.1) is 0 Å². The Balaban J connectivity index is 2.59. The fourth-order valence-corrected chi connectivity index (χ4v) is 2.33. The van der Waals surface area contributed by atoms with E-state index in [1.54, 1.807) is 7.05 Å². The van der Waals surface area contributed by atoms with Gasteiger partial charge in [-0.2, -0.15) is 0 Å². The topological polar surface area (TPSA) is 46.9 Å². The molecule has 1 heterocycles. The van der Waals surface area contributed by atoms with E-state index in [0.29, 0.717) is 5.82 Å². The minimum absolute atomic E-state index is 0.0733. The van der Waals surface area contributed by atoms with Crippen molar-refractivity contribution >= 4 is 44.5 Å². The summed E-state index contributed by atoms with van der Waals surface area (Å²) in [5.41, 5.74) is 1.74. The molecule has 1 N–H and O–H groups in total. The number of halogens is 2. The van der Waals surface area contributed by atoms with E-state index in [9.17, 15) is 4.79 Å². The Bertz CT molecular complexity index is 594. The van der Waals surface area contributed by atoms with Gasteiger partial charge >= 0.3 is 0 Å². The zero-order chi connectivity index (χ0) is 13.3. The van der Waals surface area contributed by atoms with Crippen LogP contribution >= 0.6 is 27.5 Å². The molecule has 1 atom stereocenters. The molecule has 0 bridgehead atoms. The van der Waals surface area contributed by atoms with Gasteiger partial charge in [0.2, 0.25) is 5.91 Å². The average molecular weight is 331 g/mol. The van der Waals surface area contributed by atoms with Gasteiger partial charge in [-0.25, -0.2) is 4.98 Å². The summed E-state index contributed by atoms with van der Waals surface area (Å²) in [5, 5.41) is 2.36. The van der Waals surface area contributed by atoms with Crippen LogP contribution in [0.4, 0.5) is 0 Å². The molecule has 0 radical (unpaired) electrons. The normalized spacial score (nSPS) is 12.7. The lowest BCUT2D eigenvalue weighted by atomic mass is 10.3. The van der Waals surface area contributed by atoms with E-state index in [1.807, 2.05) is 29.7 Å². The van der Waals surface area contributed by atoms with E-state index in [1.165, 1.54) is 0 Å². The van der Waals surface area contributed by atoms with Gasteiger partial charge in [-0.1, -0.05) is 15.9 Å². The first-order valence-corrected chi connectivity index (χ1v) is 6.76. The molecular formula is C12H13BrClN3O. The van der Waals surface area contributed by atoms with Crippen molar-refractivity contribution in [2.24, 2.45) is 0 Å². The summed E-state index contributed by atoms with van der Waals surface area (Å²) in [6.07, 6.45) is 0. The Hall–Kier alpha value is -1.07. The molecule has 1 amide bonds. The molecule has 0 saturated heterocycles. The van der Waals surface area contributed by atoms with Crippen LogP contribution in [0.2, 0.25) is 0 Å². The number of amides is 1. The number of benzene rings is 1. The molecule has 1 unspecified atom stereocenters. The lowest BCUT2D eigenvalue weighted by Crippen LogP contribution is -2.24. The van der Waals surface area contributed by atoms with Gasteiger partial charge in [-0.3, -0.25) is 4.79 Å². The van der Waals surface area contributed by atoms with E-state index in [4.69, 9.17) is 11.6 Å². The van der Waals surface area contributed by atoms with Crippen LogP contribution in [0.25, 0.3) is 11.0 Å². The van der Waals surface area contributed by atoms with Gasteiger partial charge in [0.15, 0.2) is 0 Å². The first-order chi connectivity index (χ1) is 8.52. The van der Waals surface area contributed by atoms with E-state index in [0.717, 1.165) is 15.5 Å². The van der Waals surface area contributed by atoms with Gasteiger partial charge in [0.25, 0.3) is 0 Å². The summed E-state index contributed by atoms with van der Waals surface area (Å²) in [4.78, 5) is 16.0. The number of nitrogens with one attached hydrogen (secondary N) is 1. The number of carbonyl (C=O) groups excluding carboxylic acids is 1. The molecular weight excluding hydrogens is 318 g/mol. The van der Waals surface area contributed by atoms with Gasteiger partial charge in [-0.05, 0) is 25.1 Å². The van der Waals surface area contributed by atoms with E-state index >= 15 is 0 Å². The van der Waals surface area contributed by atoms with Crippen molar-refractivity contribution in [1.29, 1.82) is 0 Å². The molecule has 0 aliphatic heterocycles. The minimum atomic E-state index is -0.249. The van der Waals surface area contributed by atoms with Crippen LogP contribution < -0.4 is 5.32 Å². The number of nitrogens with zero attached hydrogens (tertiary/aromatic N) is 2. The molecule has 0 aliphatic rings. The molecule has 0 saturated carbocycles. The first kappa shape index (κ1) is 13.4. The summed E-state index contributed by atoms with van der Waals surface area (Å²) in [6, 6.07) is 5.77. The second kappa shape index (κ2) is 5.28. The van der Waals surface area contributed by atoms with Crippen molar-refractivity contribution in [2.75, 3.05) is 7.05 Å². The lowest BCUT2D eigenvalue weighted by molar-refractivity contribution is -0.121. The monoisotopic (exact) mass is 329 g/mol. The number of imidazole rings is 1. The molecule has 18 heavy (non-hydrogen) atoms. The Morgan fingerprint density at radius 3 is 2.94 bits per heavy atom.